The molecule has 0 radical (unpaired) electrons. The second-order valence-electron chi connectivity index (χ2n) is 10.8. The highest BCUT2D eigenvalue weighted by molar-refractivity contribution is 5.77. The van der Waals surface area contributed by atoms with Gasteiger partial charge in [0.25, 0.3) is 0 Å². The Kier molecular flexibility index (Phi) is 5.18. The standard InChI is InChI=1S/C22H34N2O6/c1-21(2,3)30-19(26)23-15-5-6-24(20(27)28)17(15)16-13-7-12-8-14(16)11-22(9-12,10-13)18(25)29-4/h12-17H,5-11H2,1-4H3,(H,23,26)(H,27,28)/t12?,13?,14?,15?,16?,17-,22?/m0/s1. The minimum Gasteiger partial charge on any atom is -0.469 e. The van der Waals surface area contributed by atoms with E-state index in [0.717, 1.165) is 32.1 Å². The Morgan fingerprint density at radius 2 is 1.73 bits per heavy atom. The molecule has 8 nitrogen and oxygen atoms in total. The highest BCUT2D eigenvalue weighted by atomic mass is 16.6. The van der Waals surface area contributed by atoms with Crippen LogP contribution in [0.2, 0.25) is 0 Å². The summed E-state index contributed by atoms with van der Waals surface area (Å²) in [6.07, 6.45) is 3.63. The van der Waals surface area contributed by atoms with Gasteiger partial charge in [0.1, 0.15) is 5.60 Å². The van der Waals surface area contributed by atoms with E-state index in [1.165, 1.54) is 12.0 Å². The fraction of sp³-hybridized carbons (Fsp3) is 0.864. The first kappa shape index (κ1) is 21.2. The molecule has 4 saturated carbocycles. The summed E-state index contributed by atoms with van der Waals surface area (Å²) in [5.74, 6) is 1.12. The number of esters is 1. The summed E-state index contributed by atoms with van der Waals surface area (Å²) < 4.78 is 10.6. The summed E-state index contributed by atoms with van der Waals surface area (Å²) in [5, 5.41) is 12.8. The van der Waals surface area contributed by atoms with Crippen LogP contribution in [0.15, 0.2) is 0 Å². The number of carboxylic acid groups (broad SMARTS) is 1. The summed E-state index contributed by atoms with van der Waals surface area (Å²) in [5.41, 5.74) is -1.01. The Labute approximate surface area is 177 Å². The van der Waals surface area contributed by atoms with E-state index in [1.807, 2.05) is 20.8 Å². The lowest BCUT2D eigenvalue weighted by Gasteiger charge is -2.60. The van der Waals surface area contributed by atoms with Crippen LogP contribution in [-0.4, -0.2) is 59.5 Å². The molecule has 2 amide bonds. The molecular weight excluding hydrogens is 388 g/mol. The van der Waals surface area contributed by atoms with Crippen molar-refractivity contribution in [2.75, 3.05) is 13.7 Å². The Bertz CT molecular complexity index is 716. The number of nitrogens with zero attached hydrogens (tertiary/aromatic N) is 1. The topological polar surface area (TPSA) is 105 Å². The van der Waals surface area contributed by atoms with Gasteiger partial charge in [0.15, 0.2) is 0 Å². The number of rotatable bonds is 3. The maximum Gasteiger partial charge on any atom is 0.407 e. The van der Waals surface area contributed by atoms with Gasteiger partial charge in [-0.3, -0.25) is 4.79 Å². The zero-order valence-electron chi connectivity index (χ0n) is 18.3. The van der Waals surface area contributed by atoms with E-state index in [9.17, 15) is 19.5 Å². The van der Waals surface area contributed by atoms with Crippen molar-refractivity contribution in [1.29, 1.82) is 0 Å². The average molecular weight is 423 g/mol. The van der Waals surface area contributed by atoms with E-state index in [0.29, 0.717) is 18.9 Å². The highest BCUT2D eigenvalue weighted by Gasteiger charge is 2.62. The van der Waals surface area contributed by atoms with Crippen LogP contribution in [0.5, 0.6) is 0 Å². The van der Waals surface area contributed by atoms with Gasteiger partial charge in [0, 0.05) is 6.54 Å². The molecular formula is C22H34N2O6. The highest BCUT2D eigenvalue weighted by Crippen LogP contribution is 2.64. The van der Waals surface area contributed by atoms with E-state index < -0.39 is 23.2 Å². The Morgan fingerprint density at radius 1 is 1.10 bits per heavy atom. The SMILES string of the molecule is COC(=O)C12CC3CC(C1)C([C@@H]1C(NC(=O)OC(C)(C)C)CCN1C(=O)O)C(C3)C2. The van der Waals surface area contributed by atoms with Gasteiger partial charge in [-0.25, -0.2) is 9.59 Å². The molecule has 0 spiro atoms. The van der Waals surface area contributed by atoms with Gasteiger partial charge in [0.2, 0.25) is 0 Å². The molecule has 30 heavy (non-hydrogen) atoms. The molecule has 168 valence electrons. The fourth-order valence-electron chi connectivity index (χ4n) is 7.22. The molecule has 1 heterocycles. The summed E-state index contributed by atoms with van der Waals surface area (Å²) in [7, 11) is 1.46. The molecule has 8 heteroatoms. The summed E-state index contributed by atoms with van der Waals surface area (Å²) in [6.45, 7) is 5.84. The van der Waals surface area contributed by atoms with Crippen molar-refractivity contribution < 1.29 is 29.0 Å². The van der Waals surface area contributed by atoms with Crippen LogP contribution in [0, 0.1) is 29.1 Å². The van der Waals surface area contributed by atoms with Crippen molar-refractivity contribution in [3.63, 3.8) is 0 Å². The van der Waals surface area contributed by atoms with E-state index >= 15 is 0 Å². The molecule has 1 aliphatic heterocycles. The molecule has 0 aromatic rings. The van der Waals surface area contributed by atoms with Crippen molar-refractivity contribution in [3.05, 3.63) is 0 Å². The first-order valence-electron chi connectivity index (χ1n) is 11.1. The van der Waals surface area contributed by atoms with Gasteiger partial charge in [0.05, 0.1) is 24.6 Å². The van der Waals surface area contributed by atoms with E-state index in [4.69, 9.17) is 9.47 Å². The second-order valence-corrected chi connectivity index (χ2v) is 10.8. The van der Waals surface area contributed by atoms with Crippen LogP contribution in [0.4, 0.5) is 9.59 Å². The van der Waals surface area contributed by atoms with E-state index in [2.05, 4.69) is 5.32 Å². The molecule has 4 atom stereocenters. The van der Waals surface area contributed by atoms with Gasteiger partial charge in [-0.15, -0.1) is 0 Å². The van der Waals surface area contributed by atoms with Crippen LogP contribution in [0.3, 0.4) is 0 Å². The molecule has 5 rings (SSSR count). The number of nitrogens with one attached hydrogen (secondary N) is 1. The van der Waals surface area contributed by atoms with Crippen molar-refractivity contribution in [1.82, 2.24) is 10.2 Å². The summed E-state index contributed by atoms with van der Waals surface area (Å²) >= 11 is 0. The number of amides is 2. The Morgan fingerprint density at radius 3 is 2.27 bits per heavy atom. The van der Waals surface area contributed by atoms with Crippen LogP contribution >= 0.6 is 0 Å². The largest absolute Gasteiger partial charge is 0.469 e. The average Bonchev–Trinajstić information content (AvgIpc) is 3.02. The molecule has 5 aliphatic rings. The Balaban J connectivity index is 1.57. The monoisotopic (exact) mass is 422 g/mol. The number of alkyl carbamates (subject to hydrolysis) is 1. The third kappa shape index (κ3) is 3.62. The number of likely N-dealkylation sites (tertiary alicyclic amines) is 1. The van der Waals surface area contributed by atoms with E-state index in [-0.39, 0.29) is 35.8 Å². The van der Waals surface area contributed by atoms with Gasteiger partial charge in [-0.2, -0.15) is 0 Å². The van der Waals surface area contributed by atoms with Crippen molar-refractivity contribution >= 4 is 18.2 Å². The van der Waals surface area contributed by atoms with Gasteiger partial charge < -0.3 is 24.8 Å². The lowest BCUT2D eigenvalue weighted by Crippen LogP contribution is -2.62. The second kappa shape index (κ2) is 7.31. The number of hydrogen-bond donors (Lipinski definition) is 2. The molecule has 0 aromatic carbocycles. The normalized spacial score (nSPS) is 39.7. The van der Waals surface area contributed by atoms with Crippen LogP contribution < -0.4 is 5.32 Å². The quantitative estimate of drug-likeness (QED) is 0.677. The Hall–Kier alpha value is -1.99. The number of ether oxygens (including phenoxy) is 2. The fourth-order valence-corrected chi connectivity index (χ4v) is 7.22. The maximum atomic E-state index is 12.6. The minimum absolute atomic E-state index is 0.106. The number of methoxy groups -OCH3 is 1. The molecule has 5 fully saturated rings. The molecule has 0 aromatic heterocycles. The predicted molar refractivity (Wildman–Crippen MR) is 108 cm³/mol. The third-order valence-corrected chi connectivity index (χ3v) is 7.76. The third-order valence-electron chi connectivity index (χ3n) is 7.76. The summed E-state index contributed by atoms with van der Waals surface area (Å²) in [4.78, 5) is 38.6. The zero-order valence-corrected chi connectivity index (χ0v) is 18.3. The molecule has 4 aliphatic carbocycles. The van der Waals surface area contributed by atoms with Gasteiger partial charge >= 0.3 is 18.2 Å². The number of carbonyl (C=O) groups is 3. The minimum atomic E-state index is -0.940. The molecule has 3 unspecified atom stereocenters. The van der Waals surface area contributed by atoms with Crippen LogP contribution in [0.25, 0.3) is 0 Å². The van der Waals surface area contributed by atoms with Crippen LogP contribution in [0.1, 0.15) is 59.3 Å². The zero-order chi connectivity index (χ0) is 21.8. The van der Waals surface area contributed by atoms with Gasteiger partial charge in [-0.1, -0.05) is 0 Å². The molecule has 2 N–H and O–H groups in total. The first-order valence-corrected chi connectivity index (χ1v) is 11.1. The van der Waals surface area contributed by atoms with E-state index in [1.54, 1.807) is 0 Å². The van der Waals surface area contributed by atoms with Crippen molar-refractivity contribution in [3.8, 4) is 0 Å². The predicted octanol–water partition coefficient (Wildman–Crippen LogP) is 3.25. The summed E-state index contributed by atoms with van der Waals surface area (Å²) in [6, 6.07) is -0.549. The van der Waals surface area contributed by atoms with Crippen molar-refractivity contribution in [2.45, 2.75) is 77.0 Å². The number of hydrogen-bond acceptors (Lipinski definition) is 5. The lowest BCUT2D eigenvalue weighted by molar-refractivity contribution is -0.177. The van der Waals surface area contributed by atoms with Crippen LogP contribution in [-0.2, 0) is 14.3 Å². The smallest absolute Gasteiger partial charge is 0.407 e. The van der Waals surface area contributed by atoms with Crippen molar-refractivity contribution in [2.24, 2.45) is 29.1 Å². The van der Waals surface area contributed by atoms with Gasteiger partial charge in [-0.05, 0) is 83.0 Å². The maximum absolute atomic E-state index is 12.6. The number of carbonyl (C=O) groups excluding carboxylic acids is 2. The first-order chi connectivity index (χ1) is 14.0. The molecule has 4 bridgehead atoms. The molecule has 1 saturated heterocycles. The lowest BCUT2D eigenvalue weighted by atomic mass is 9.45.